The Kier molecular flexibility index (Phi) is 4.22. The maximum Gasteiger partial charge on any atom is 0.245 e. The highest BCUT2D eigenvalue weighted by molar-refractivity contribution is 6.33. The van der Waals surface area contributed by atoms with Crippen molar-refractivity contribution in [3.63, 3.8) is 0 Å². The molecule has 3 N–H and O–H groups in total. The van der Waals surface area contributed by atoms with Gasteiger partial charge < -0.3 is 5.32 Å². The molecule has 0 saturated carbocycles. The zero-order valence-corrected chi connectivity index (χ0v) is 8.21. The lowest BCUT2D eigenvalue weighted by molar-refractivity contribution is -0.128. The Morgan fingerprint density at radius 2 is 2.14 bits per heavy atom. The highest BCUT2D eigenvalue weighted by Gasteiger charge is 2.00. The number of hydroxylamine groups is 1. The van der Waals surface area contributed by atoms with Gasteiger partial charge in [-0.05, 0) is 12.1 Å². The molecule has 0 aliphatic heterocycles. The van der Waals surface area contributed by atoms with Gasteiger partial charge in [-0.25, -0.2) is 5.48 Å². The summed E-state index contributed by atoms with van der Waals surface area (Å²) in [4.78, 5) is 10.7. The summed E-state index contributed by atoms with van der Waals surface area (Å²) < 4.78 is 0. The smallest absolute Gasteiger partial charge is 0.245 e. The molecule has 0 aromatic heterocycles. The van der Waals surface area contributed by atoms with E-state index in [9.17, 15) is 4.79 Å². The van der Waals surface area contributed by atoms with E-state index < -0.39 is 5.91 Å². The fourth-order valence-corrected chi connectivity index (χ4v) is 1.17. The second-order valence-corrected chi connectivity index (χ2v) is 3.10. The maximum absolute atomic E-state index is 10.7. The number of para-hydroxylation sites is 1. The van der Waals surface area contributed by atoms with E-state index in [0.717, 1.165) is 5.69 Å². The van der Waals surface area contributed by atoms with Crippen LogP contribution in [0.2, 0.25) is 5.02 Å². The molecule has 76 valence electrons. The van der Waals surface area contributed by atoms with E-state index in [4.69, 9.17) is 16.8 Å². The molecule has 5 heteroatoms. The fraction of sp³-hybridized carbons (Fsp3) is 0.222. The molecule has 0 aliphatic rings. The predicted octanol–water partition coefficient (Wildman–Crippen LogP) is 1.65. The third-order valence-electron chi connectivity index (χ3n) is 1.67. The van der Waals surface area contributed by atoms with Gasteiger partial charge in [0.15, 0.2) is 0 Å². The number of benzene rings is 1. The maximum atomic E-state index is 10.7. The number of hydrogen-bond acceptors (Lipinski definition) is 3. The van der Waals surface area contributed by atoms with E-state index in [-0.39, 0.29) is 6.42 Å². The average Bonchev–Trinajstić information content (AvgIpc) is 2.20. The average molecular weight is 215 g/mol. The number of nitrogens with one attached hydrogen (secondary N) is 2. The van der Waals surface area contributed by atoms with Crippen molar-refractivity contribution in [1.29, 1.82) is 0 Å². The highest BCUT2D eigenvalue weighted by Crippen LogP contribution is 2.19. The third kappa shape index (κ3) is 3.24. The van der Waals surface area contributed by atoms with Gasteiger partial charge in [-0.1, -0.05) is 23.7 Å². The number of amides is 1. The van der Waals surface area contributed by atoms with Crippen molar-refractivity contribution in [2.75, 3.05) is 11.9 Å². The standard InChI is InChI=1S/C9H11ClN2O2/c10-7-3-1-2-4-8(7)11-6-5-9(13)12-14/h1-4,11,14H,5-6H2,(H,12,13). The summed E-state index contributed by atoms with van der Waals surface area (Å²) in [7, 11) is 0. The van der Waals surface area contributed by atoms with Gasteiger partial charge in [0.1, 0.15) is 0 Å². The lowest BCUT2D eigenvalue weighted by Gasteiger charge is -2.06. The number of carbonyl (C=O) groups excluding carboxylic acids is 1. The second kappa shape index (κ2) is 5.47. The normalized spacial score (nSPS) is 9.57. The number of rotatable bonds is 4. The molecule has 0 atom stereocenters. The number of halogens is 1. The van der Waals surface area contributed by atoms with Crippen LogP contribution < -0.4 is 10.8 Å². The van der Waals surface area contributed by atoms with Gasteiger partial charge in [-0.2, -0.15) is 0 Å². The molecule has 4 nitrogen and oxygen atoms in total. The predicted molar refractivity (Wildman–Crippen MR) is 54.5 cm³/mol. The first kappa shape index (κ1) is 10.8. The molecule has 0 radical (unpaired) electrons. The molecule has 0 unspecified atom stereocenters. The molecule has 1 rings (SSSR count). The van der Waals surface area contributed by atoms with Gasteiger partial charge >= 0.3 is 0 Å². The molecule has 0 bridgehead atoms. The Morgan fingerprint density at radius 1 is 1.43 bits per heavy atom. The zero-order chi connectivity index (χ0) is 10.4. The first-order chi connectivity index (χ1) is 6.74. The van der Waals surface area contributed by atoms with Crippen LogP contribution >= 0.6 is 11.6 Å². The van der Waals surface area contributed by atoms with Crippen molar-refractivity contribution in [2.45, 2.75) is 6.42 Å². The molecule has 0 fully saturated rings. The molecule has 0 spiro atoms. The molecule has 0 heterocycles. The van der Waals surface area contributed by atoms with Crippen molar-refractivity contribution in [3.8, 4) is 0 Å². The van der Waals surface area contributed by atoms with Crippen molar-refractivity contribution >= 4 is 23.2 Å². The molecule has 1 amide bonds. The summed E-state index contributed by atoms with van der Waals surface area (Å²) in [6.07, 6.45) is 0.196. The van der Waals surface area contributed by atoms with E-state index in [0.29, 0.717) is 11.6 Å². The summed E-state index contributed by atoms with van der Waals surface area (Å²) >= 11 is 5.86. The molecule has 0 saturated heterocycles. The molecule has 1 aromatic rings. The quantitative estimate of drug-likeness (QED) is 0.528. The monoisotopic (exact) mass is 214 g/mol. The minimum absolute atomic E-state index is 0.196. The Hall–Kier alpha value is -1.26. The second-order valence-electron chi connectivity index (χ2n) is 2.69. The van der Waals surface area contributed by atoms with Crippen LogP contribution in [0.5, 0.6) is 0 Å². The molecular formula is C9H11ClN2O2. The van der Waals surface area contributed by atoms with E-state index in [1.807, 2.05) is 18.2 Å². The minimum atomic E-state index is -0.426. The first-order valence-corrected chi connectivity index (χ1v) is 4.53. The van der Waals surface area contributed by atoms with Crippen LogP contribution in [0, 0.1) is 0 Å². The summed E-state index contributed by atoms with van der Waals surface area (Å²) in [6, 6.07) is 7.25. The lowest BCUT2D eigenvalue weighted by atomic mass is 10.3. The largest absolute Gasteiger partial charge is 0.383 e. The molecule has 0 aliphatic carbocycles. The summed E-state index contributed by atoms with van der Waals surface area (Å²) in [5.74, 6) is -0.426. The summed E-state index contributed by atoms with van der Waals surface area (Å²) in [5, 5.41) is 11.8. The van der Waals surface area contributed by atoms with Crippen molar-refractivity contribution in [1.82, 2.24) is 5.48 Å². The van der Waals surface area contributed by atoms with E-state index in [1.54, 1.807) is 11.5 Å². The number of carbonyl (C=O) groups is 1. The van der Waals surface area contributed by atoms with Crippen LogP contribution in [-0.2, 0) is 4.79 Å². The van der Waals surface area contributed by atoms with Crippen LogP contribution in [-0.4, -0.2) is 17.7 Å². The SMILES string of the molecule is O=C(CCNc1ccccc1Cl)NO. The number of hydrogen-bond donors (Lipinski definition) is 3. The van der Waals surface area contributed by atoms with Crippen molar-refractivity contribution in [2.24, 2.45) is 0 Å². The van der Waals surface area contributed by atoms with Gasteiger partial charge in [-0.3, -0.25) is 10.0 Å². The highest BCUT2D eigenvalue weighted by atomic mass is 35.5. The van der Waals surface area contributed by atoms with Crippen LogP contribution in [0.1, 0.15) is 6.42 Å². The molecular weight excluding hydrogens is 204 g/mol. The van der Waals surface area contributed by atoms with Crippen LogP contribution in [0.4, 0.5) is 5.69 Å². The van der Waals surface area contributed by atoms with Crippen molar-refractivity contribution in [3.05, 3.63) is 29.3 Å². The van der Waals surface area contributed by atoms with Crippen LogP contribution in [0.3, 0.4) is 0 Å². The zero-order valence-electron chi connectivity index (χ0n) is 7.46. The number of anilines is 1. The van der Waals surface area contributed by atoms with Gasteiger partial charge in [0, 0.05) is 13.0 Å². The minimum Gasteiger partial charge on any atom is -0.383 e. The van der Waals surface area contributed by atoms with E-state index >= 15 is 0 Å². The Morgan fingerprint density at radius 3 is 2.79 bits per heavy atom. The van der Waals surface area contributed by atoms with E-state index in [2.05, 4.69) is 5.32 Å². The van der Waals surface area contributed by atoms with Gasteiger partial charge in [0.2, 0.25) is 5.91 Å². The topological polar surface area (TPSA) is 61.4 Å². The van der Waals surface area contributed by atoms with E-state index in [1.165, 1.54) is 0 Å². The Labute approximate surface area is 86.8 Å². The summed E-state index contributed by atoms with van der Waals surface area (Å²) in [5.41, 5.74) is 2.33. The van der Waals surface area contributed by atoms with Crippen LogP contribution in [0.25, 0.3) is 0 Å². The molecule has 14 heavy (non-hydrogen) atoms. The van der Waals surface area contributed by atoms with Crippen LogP contribution in [0.15, 0.2) is 24.3 Å². The van der Waals surface area contributed by atoms with Crippen molar-refractivity contribution < 1.29 is 10.0 Å². The summed E-state index contributed by atoms with van der Waals surface area (Å²) in [6.45, 7) is 0.427. The van der Waals surface area contributed by atoms with Gasteiger partial charge in [0.25, 0.3) is 0 Å². The van der Waals surface area contributed by atoms with Gasteiger partial charge in [-0.15, -0.1) is 0 Å². The Balaban J connectivity index is 2.39. The van der Waals surface area contributed by atoms with Gasteiger partial charge in [0.05, 0.1) is 10.7 Å². The Bertz CT molecular complexity index is 317. The third-order valence-corrected chi connectivity index (χ3v) is 2.00. The fourth-order valence-electron chi connectivity index (χ4n) is 0.971. The lowest BCUT2D eigenvalue weighted by Crippen LogP contribution is -2.21. The molecule has 1 aromatic carbocycles. The first-order valence-electron chi connectivity index (χ1n) is 4.15.